The van der Waals surface area contributed by atoms with Crippen molar-refractivity contribution in [3.8, 4) is 0 Å². The Morgan fingerprint density at radius 2 is 2.04 bits per heavy atom. The molecular formula is C17H25N3O3. The predicted octanol–water partition coefficient (Wildman–Crippen LogP) is 0.165. The average molecular weight is 319 g/mol. The number of rotatable bonds is 5. The van der Waals surface area contributed by atoms with Crippen LogP contribution < -0.4 is 10.6 Å². The third kappa shape index (κ3) is 4.51. The van der Waals surface area contributed by atoms with Gasteiger partial charge in [0.25, 0.3) is 5.91 Å². The van der Waals surface area contributed by atoms with E-state index in [1.807, 2.05) is 18.2 Å². The van der Waals surface area contributed by atoms with Gasteiger partial charge in [0.2, 0.25) is 0 Å². The summed E-state index contributed by atoms with van der Waals surface area (Å²) in [7, 11) is 0. The zero-order valence-corrected chi connectivity index (χ0v) is 13.4. The van der Waals surface area contributed by atoms with Crippen molar-refractivity contribution < 1.29 is 14.3 Å². The van der Waals surface area contributed by atoms with Crippen molar-refractivity contribution in [2.45, 2.75) is 12.1 Å². The lowest BCUT2D eigenvalue weighted by Crippen LogP contribution is -2.50. The Morgan fingerprint density at radius 1 is 1.26 bits per heavy atom. The maximum absolute atomic E-state index is 12.3. The monoisotopic (exact) mass is 319 g/mol. The number of benzene rings is 1. The zero-order chi connectivity index (χ0) is 15.9. The highest BCUT2D eigenvalue weighted by molar-refractivity contribution is 5.81. The number of carbonyl (C=O) groups is 1. The molecule has 6 nitrogen and oxygen atoms in total. The quantitative estimate of drug-likeness (QED) is 0.810. The number of morpholine rings is 2. The summed E-state index contributed by atoms with van der Waals surface area (Å²) < 4.78 is 11.0. The van der Waals surface area contributed by atoms with Crippen LogP contribution in [0, 0.1) is 0 Å². The molecule has 2 saturated heterocycles. The zero-order valence-electron chi connectivity index (χ0n) is 13.4. The van der Waals surface area contributed by atoms with Crippen LogP contribution in [-0.2, 0) is 14.3 Å². The summed E-state index contributed by atoms with van der Waals surface area (Å²) in [6.45, 7) is 5.82. The molecule has 23 heavy (non-hydrogen) atoms. The molecular weight excluding hydrogens is 294 g/mol. The number of hydrogen-bond acceptors (Lipinski definition) is 5. The summed E-state index contributed by atoms with van der Waals surface area (Å²) in [5.74, 6) is -0.0357. The Bertz CT molecular complexity index is 485. The molecule has 1 aromatic rings. The lowest BCUT2D eigenvalue weighted by Gasteiger charge is -2.35. The molecule has 2 aliphatic rings. The molecule has 0 bridgehead atoms. The average Bonchev–Trinajstić information content (AvgIpc) is 2.64. The van der Waals surface area contributed by atoms with Crippen LogP contribution in [0.2, 0.25) is 0 Å². The van der Waals surface area contributed by atoms with Gasteiger partial charge < -0.3 is 20.1 Å². The minimum atomic E-state index is -0.384. The summed E-state index contributed by atoms with van der Waals surface area (Å²) in [5, 5.41) is 6.25. The molecule has 2 unspecified atom stereocenters. The van der Waals surface area contributed by atoms with Gasteiger partial charge >= 0.3 is 0 Å². The van der Waals surface area contributed by atoms with Gasteiger partial charge in [0.15, 0.2) is 0 Å². The number of nitrogens with one attached hydrogen (secondary N) is 2. The number of ether oxygens (including phenoxy) is 2. The second-order valence-corrected chi connectivity index (χ2v) is 5.88. The second-order valence-electron chi connectivity index (χ2n) is 5.88. The molecule has 0 radical (unpaired) electrons. The summed E-state index contributed by atoms with van der Waals surface area (Å²) in [6, 6.07) is 10.5. The summed E-state index contributed by atoms with van der Waals surface area (Å²) in [6.07, 6.45) is -0.384. The lowest BCUT2D eigenvalue weighted by atomic mass is 10.0. The highest BCUT2D eigenvalue weighted by atomic mass is 16.5. The van der Waals surface area contributed by atoms with E-state index in [0.29, 0.717) is 19.7 Å². The van der Waals surface area contributed by atoms with Crippen molar-refractivity contribution in [2.24, 2.45) is 0 Å². The molecule has 1 aromatic carbocycles. The molecule has 0 aliphatic carbocycles. The fourth-order valence-corrected chi connectivity index (χ4v) is 3.07. The first-order valence-corrected chi connectivity index (χ1v) is 8.31. The third-order valence-electron chi connectivity index (χ3n) is 4.36. The molecule has 0 spiro atoms. The van der Waals surface area contributed by atoms with Crippen LogP contribution in [0.4, 0.5) is 0 Å². The van der Waals surface area contributed by atoms with Gasteiger partial charge in [0.05, 0.1) is 25.9 Å². The molecule has 0 saturated carbocycles. The fraction of sp³-hybridized carbons (Fsp3) is 0.588. The van der Waals surface area contributed by atoms with Crippen molar-refractivity contribution in [1.82, 2.24) is 15.5 Å². The number of hydrogen-bond donors (Lipinski definition) is 2. The largest absolute Gasteiger partial charge is 0.379 e. The molecule has 2 aliphatic heterocycles. The van der Waals surface area contributed by atoms with Gasteiger partial charge in [-0.05, 0) is 5.56 Å². The Labute approximate surface area is 137 Å². The van der Waals surface area contributed by atoms with E-state index in [2.05, 4.69) is 27.7 Å². The predicted molar refractivity (Wildman–Crippen MR) is 87.2 cm³/mol. The Hall–Kier alpha value is -1.47. The number of amides is 1. The Kier molecular flexibility index (Phi) is 5.99. The van der Waals surface area contributed by atoms with Crippen LogP contribution >= 0.6 is 0 Å². The Balaban J connectivity index is 1.62. The van der Waals surface area contributed by atoms with Crippen LogP contribution in [0.25, 0.3) is 0 Å². The van der Waals surface area contributed by atoms with Crippen molar-refractivity contribution in [3.63, 3.8) is 0 Å². The minimum absolute atomic E-state index is 0.0357. The summed E-state index contributed by atoms with van der Waals surface area (Å²) in [5.41, 5.74) is 1.22. The first-order valence-electron chi connectivity index (χ1n) is 8.31. The van der Waals surface area contributed by atoms with Crippen LogP contribution in [0.5, 0.6) is 0 Å². The normalized spacial score (nSPS) is 24.1. The van der Waals surface area contributed by atoms with Gasteiger partial charge in [-0.25, -0.2) is 0 Å². The molecule has 2 atom stereocenters. The van der Waals surface area contributed by atoms with E-state index in [1.54, 1.807) is 0 Å². The van der Waals surface area contributed by atoms with E-state index in [4.69, 9.17) is 9.47 Å². The Morgan fingerprint density at radius 3 is 2.74 bits per heavy atom. The van der Waals surface area contributed by atoms with Crippen LogP contribution in [0.1, 0.15) is 11.6 Å². The van der Waals surface area contributed by atoms with Crippen LogP contribution in [-0.4, -0.2) is 69.5 Å². The first-order chi connectivity index (χ1) is 11.3. The van der Waals surface area contributed by atoms with E-state index in [0.717, 1.165) is 32.8 Å². The van der Waals surface area contributed by atoms with Gasteiger partial charge in [-0.3, -0.25) is 9.69 Å². The van der Waals surface area contributed by atoms with Crippen LogP contribution in [0.15, 0.2) is 30.3 Å². The minimum Gasteiger partial charge on any atom is -0.379 e. The van der Waals surface area contributed by atoms with Crippen molar-refractivity contribution in [1.29, 1.82) is 0 Å². The second kappa shape index (κ2) is 8.40. The lowest BCUT2D eigenvalue weighted by molar-refractivity contribution is -0.134. The fourth-order valence-electron chi connectivity index (χ4n) is 3.07. The van der Waals surface area contributed by atoms with Crippen molar-refractivity contribution in [2.75, 3.05) is 52.5 Å². The van der Waals surface area contributed by atoms with Gasteiger partial charge in [0, 0.05) is 32.7 Å². The van der Waals surface area contributed by atoms with E-state index in [1.165, 1.54) is 5.56 Å². The van der Waals surface area contributed by atoms with Crippen molar-refractivity contribution in [3.05, 3.63) is 35.9 Å². The van der Waals surface area contributed by atoms with Crippen LogP contribution in [0.3, 0.4) is 0 Å². The number of nitrogens with zero attached hydrogens (tertiary/aromatic N) is 1. The van der Waals surface area contributed by atoms with Gasteiger partial charge in [-0.15, -0.1) is 0 Å². The van der Waals surface area contributed by atoms with E-state index < -0.39 is 0 Å². The molecule has 0 aromatic heterocycles. The topological polar surface area (TPSA) is 62.8 Å². The molecule has 1 amide bonds. The van der Waals surface area contributed by atoms with Gasteiger partial charge in [0.1, 0.15) is 6.10 Å². The SMILES string of the molecule is O=C(NCC(c1ccccc1)N1CCOCC1)C1CNCCO1. The summed E-state index contributed by atoms with van der Waals surface area (Å²) in [4.78, 5) is 14.7. The molecule has 6 heteroatoms. The maximum Gasteiger partial charge on any atom is 0.250 e. The van der Waals surface area contributed by atoms with E-state index in [-0.39, 0.29) is 18.1 Å². The molecule has 3 rings (SSSR count). The maximum atomic E-state index is 12.3. The highest BCUT2D eigenvalue weighted by Crippen LogP contribution is 2.21. The molecule has 2 heterocycles. The van der Waals surface area contributed by atoms with E-state index >= 15 is 0 Å². The molecule has 2 fully saturated rings. The van der Waals surface area contributed by atoms with E-state index in [9.17, 15) is 4.79 Å². The summed E-state index contributed by atoms with van der Waals surface area (Å²) >= 11 is 0. The number of carbonyl (C=O) groups excluding carboxylic acids is 1. The first kappa shape index (κ1) is 16.4. The van der Waals surface area contributed by atoms with Gasteiger partial charge in [-0.1, -0.05) is 30.3 Å². The smallest absolute Gasteiger partial charge is 0.250 e. The van der Waals surface area contributed by atoms with Crippen molar-refractivity contribution >= 4 is 5.91 Å². The molecule has 2 N–H and O–H groups in total. The highest BCUT2D eigenvalue weighted by Gasteiger charge is 2.26. The standard InChI is InChI=1S/C17H25N3O3/c21-17(16-13-18-6-9-23-16)19-12-15(14-4-2-1-3-5-14)20-7-10-22-11-8-20/h1-5,15-16,18H,6-13H2,(H,19,21). The third-order valence-corrected chi connectivity index (χ3v) is 4.36. The van der Waals surface area contributed by atoms with Gasteiger partial charge in [-0.2, -0.15) is 0 Å². The molecule has 126 valence electrons.